The summed E-state index contributed by atoms with van der Waals surface area (Å²) in [6, 6.07) is 8.11. The lowest BCUT2D eigenvalue weighted by Crippen LogP contribution is -2.53. The van der Waals surface area contributed by atoms with E-state index < -0.39 is 0 Å². The zero-order valence-electron chi connectivity index (χ0n) is 12.8. The van der Waals surface area contributed by atoms with E-state index in [0.717, 1.165) is 36.2 Å². The highest BCUT2D eigenvalue weighted by atomic mass is 32.1. The van der Waals surface area contributed by atoms with Gasteiger partial charge >= 0.3 is 0 Å². The number of para-hydroxylation sites is 1. The van der Waals surface area contributed by atoms with Gasteiger partial charge in [0.15, 0.2) is 5.78 Å². The van der Waals surface area contributed by atoms with Crippen molar-refractivity contribution in [1.82, 2.24) is 9.88 Å². The van der Waals surface area contributed by atoms with E-state index in [1.165, 1.54) is 11.1 Å². The fourth-order valence-electron chi connectivity index (χ4n) is 3.41. The van der Waals surface area contributed by atoms with Crippen LogP contribution in [-0.2, 0) is 11.2 Å². The number of Topliss-reactive ketones (excluding diaryl/α,β-unsaturated/α-hetero) is 1. The van der Waals surface area contributed by atoms with Gasteiger partial charge in [0.05, 0.1) is 22.2 Å². The number of hydrogen-bond donors (Lipinski definition) is 0. The second-order valence-corrected chi connectivity index (χ2v) is 7.28. The van der Waals surface area contributed by atoms with Gasteiger partial charge in [-0.15, -0.1) is 11.3 Å². The molecule has 0 radical (unpaired) electrons. The van der Waals surface area contributed by atoms with Gasteiger partial charge in [-0.3, -0.25) is 9.69 Å². The zero-order chi connectivity index (χ0) is 14.9. The van der Waals surface area contributed by atoms with E-state index >= 15 is 0 Å². The van der Waals surface area contributed by atoms with Crippen LogP contribution in [0.5, 0.6) is 0 Å². The molecule has 0 bridgehead atoms. The van der Waals surface area contributed by atoms with E-state index in [-0.39, 0.29) is 5.54 Å². The van der Waals surface area contributed by atoms with Crippen LogP contribution in [-0.4, -0.2) is 35.3 Å². The van der Waals surface area contributed by atoms with Crippen molar-refractivity contribution in [3.05, 3.63) is 29.3 Å². The van der Waals surface area contributed by atoms with E-state index in [0.29, 0.717) is 12.2 Å². The minimum atomic E-state index is -0.268. The summed E-state index contributed by atoms with van der Waals surface area (Å²) in [7, 11) is 4.09. The third-order valence-corrected chi connectivity index (χ3v) is 5.74. The van der Waals surface area contributed by atoms with Gasteiger partial charge in [-0.05, 0) is 39.1 Å². The Kier molecular flexibility index (Phi) is 4.09. The summed E-state index contributed by atoms with van der Waals surface area (Å²) < 4.78 is 1.17. The van der Waals surface area contributed by atoms with Gasteiger partial charge < -0.3 is 0 Å². The van der Waals surface area contributed by atoms with Crippen LogP contribution in [0, 0.1) is 0 Å². The quantitative estimate of drug-likeness (QED) is 0.864. The van der Waals surface area contributed by atoms with Crippen molar-refractivity contribution in [2.24, 2.45) is 0 Å². The molecule has 2 aromatic rings. The molecule has 0 aliphatic heterocycles. The molecule has 0 unspecified atom stereocenters. The molecule has 21 heavy (non-hydrogen) atoms. The molecule has 4 heteroatoms. The summed E-state index contributed by atoms with van der Waals surface area (Å²) in [6.07, 6.45) is 6.02. The fraction of sp³-hybridized carbons (Fsp3) is 0.529. The van der Waals surface area contributed by atoms with Gasteiger partial charge in [-0.2, -0.15) is 0 Å². The highest BCUT2D eigenvalue weighted by Gasteiger charge is 2.41. The fourth-order valence-corrected chi connectivity index (χ4v) is 4.38. The molecule has 1 saturated carbocycles. The van der Waals surface area contributed by atoms with E-state index in [4.69, 9.17) is 0 Å². The lowest BCUT2D eigenvalue weighted by Gasteiger charge is -2.41. The van der Waals surface area contributed by atoms with Gasteiger partial charge in [0.25, 0.3) is 0 Å². The number of aromatic nitrogens is 1. The number of nitrogens with zero attached hydrogens (tertiary/aromatic N) is 2. The highest BCUT2D eigenvalue weighted by molar-refractivity contribution is 7.18. The van der Waals surface area contributed by atoms with Crippen LogP contribution in [0.25, 0.3) is 10.2 Å². The van der Waals surface area contributed by atoms with Crippen LogP contribution in [0.2, 0.25) is 0 Å². The third-order valence-electron chi connectivity index (χ3n) is 4.71. The summed E-state index contributed by atoms with van der Waals surface area (Å²) in [5.74, 6) is 0.339. The Morgan fingerprint density at radius 1 is 1.24 bits per heavy atom. The molecule has 3 nitrogen and oxygen atoms in total. The molecule has 0 N–H and O–H groups in total. The van der Waals surface area contributed by atoms with Crippen molar-refractivity contribution >= 4 is 27.3 Å². The normalized spacial score (nSPS) is 18.2. The van der Waals surface area contributed by atoms with E-state index in [1.54, 1.807) is 11.3 Å². The number of thiazole rings is 1. The van der Waals surface area contributed by atoms with Crippen molar-refractivity contribution in [2.45, 2.75) is 44.1 Å². The number of likely N-dealkylation sites (N-methyl/N-ethyl adjacent to an activating group) is 1. The molecule has 0 amide bonds. The highest BCUT2D eigenvalue weighted by Crippen LogP contribution is 2.34. The molecular formula is C17H22N2OS. The molecular weight excluding hydrogens is 280 g/mol. The Morgan fingerprint density at radius 3 is 2.62 bits per heavy atom. The largest absolute Gasteiger partial charge is 0.297 e. The number of ketones is 1. The first-order valence-corrected chi connectivity index (χ1v) is 8.49. The maximum absolute atomic E-state index is 12.9. The van der Waals surface area contributed by atoms with Gasteiger partial charge in [-0.1, -0.05) is 31.4 Å². The number of hydrogen-bond acceptors (Lipinski definition) is 4. The van der Waals surface area contributed by atoms with Crippen molar-refractivity contribution < 1.29 is 4.79 Å². The molecule has 1 heterocycles. The molecule has 0 spiro atoms. The van der Waals surface area contributed by atoms with E-state index in [2.05, 4.69) is 16.0 Å². The summed E-state index contributed by atoms with van der Waals surface area (Å²) in [5, 5.41) is 0.952. The summed E-state index contributed by atoms with van der Waals surface area (Å²) in [6.45, 7) is 0. The van der Waals surface area contributed by atoms with Crippen molar-refractivity contribution in [1.29, 1.82) is 0 Å². The molecule has 0 atom stereocenters. The van der Waals surface area contributed by atoms with Crippen LogP contribution in [0.1, 0.15) is 37.1 Å². The van der Waals surface area contributed by atoms with Crippen LogP contribution in [0.15, 0.2) is 24.3 Å². The summed E-state index contributed by atoms with van der Waals surface area (Å²) in [5.41, 5.74) is 0.740. The smallest absolute Gasteiger partial charge is 0.159 e. The van der Waals surface area contributed by atoms with Gasteiger partial charge in [0.2, 0.25) is 0 Å². The minimum Gasteiger partial charge on any atom is -0.297 e. The lowest BCUT2D eigenvalue weighted by molar-refractivity contribution is -0.131. The maximum Gasteiger partial charge on any atom is 0.159 e. The number of carbonyl (C=O) groups is 1. The van der Waals surface area contributed by atoms with Crippen LogP contribution >= 0.6 is 11.3 Å². The average molecular weight is 302 g/mol. The Balaban J connectivity index is 1.83. The predicted octanol–water partition coefficient (Wildman–Crippen LogP) is 3.67. The monoisotopic (exact) mass is 302 g/mol. The van der Waals surface area contributed by atoms with Gasteiger partial charge in [-0.25, -0.2) is 4.98 Å². The zero-order valence-corrected chi connectivity index (χ0v) is 13.6. The van der Waals surface area contributed by atoms with E-state index in [9.17, 15) is 4.79 Å². The lowest BCUT2D eigenvalue weighted by atomic mass is 9.76. The molecule has 1 aromatic heterocycles. The Hall–Kier alpha value is -1.26. The molecule has 112 valence electrons. The molecule has 1 aliphatic carbocycles. The molecule has 1 aromatic carbocycles. The topological polar surface area (TPSA) is 33.2 Å². The summed E-state index contributed by atoms with van der Waals surface area (Å²) >= 11 is 1.65. The molecule has 0 saturated heterocycles. The maximum atomic E-state index is 12.9. The second kappa shape index (κ2) is 5.85. The van der Waals surface area contributed by atoms with Gasteiger partial charge in [0, 0.05) is 0 Å². The average Bonchev–Trinajstić information content (AvgIpc) is 2.89. The SMILES string of the molecule is CN(C)C1(C(=O)Cc2nc3ccccc3s2)CCCCC1. The minimum absolute atomic E-state index is 0.268. The number of benzene rings is 1. The van der Waals surface area contributed by atoms with Crippen molar-refractivity contribution in [2.75, 3.05) is 14.1 Å². The molecule has 3 rings (SSSR count). The number of fused-ring (bicyclic) bond motifs is 1. The standard InChI is InChI=1S/C17H22N2OS/c1-19(2)17(10-6-3-7-11-17)15(20)12-16-18-13-8-4-5-9-14(13)21-16/h4-5,8-9H,3,6-7,10-12H2,1-2H3. The predicted molar refractivity (Wildman–Crippen MR) is 87.8 cm³/mol. The number of rotatable bonds is 4. The third kappa shape index (κ3) is 2.74. The Labute approximate surface area is 130 Å². The van der Waals surface area contributed by atoms with Crippen LogP contribution < -0.4 is 0 Å². The first-order valence-electron chi connectivity index (χ1n) is 7.67. The second-order valence-electron chi connectivity index (χ2n) is 6.16. The first-order chi connectivity index (χ1) is 10.1. The summed E-state index contributed by atoms with van der Waals surface area (Å²) in [4.78, 5) is 19.7. The van der Waals surface area contributed by atoms with Crippen molar-refractivity contribution in [3.63, 3.8) is 0 Å². The van der Waals surface area contributed by atoms with Gasteiger partial charge in [0.1, 0.15) is 5.01 Å². The molecule has 1 aliphatic rings. The van der Waals surface area contributed by atoms with E-state index in [1.807, 2.05) is 32.3 Å². The molecule has 1 fully saturated rings. The van der Waals surface area contributed by atoms with Crippen LogP contribution in [0.3, 0.4) is 0 Å². The first kappa shape index (κ1) is 14.7. The Morgan fingerprint density at radius 2 is 1.95 bits per heavy atom. The Bertz CT molecular complexity index is 608. The van der Waals surface area contributed by atoms with Crippen molar-refractivity contribution in [3.8, 4) is 0 Å². The van der Waals surface area contributed by atoms with Crippen LogP contribution in [0.4, 0.5) is 0 Å². The number of carbonyl (C=O) groups excluding carboxylic acids is 1.